The molecule has 108 valence electrons. The summed E-state index contributed by atoms with van der Waals surface area (Å²) in [7, 11) is 3.44. The number of imidazole rings is 1. The number of carbonyl (C=O) groups is 1. The van der Waals surface area contributed by atoms with Gasteiger partial charge in [-0.15, -0.1) is 0 Å². The fraction of sp³-hybridized carbons (Fsp3) is 0.429. The first-order valence-electron chi connectivity index (χ1n) is 6.48. The maximum absolute atomic E-state index is 12.0. The van der Waals surface area contributed by atoms with Gasteiger partial charge >= 0.3 is 0 Å². The summed E-state index contributed by atoms with van der Waals surface area (Å²) in [5.74, 6) is -0.165. The van der Waals surface area contributed by atoms with E-state index in [2.05, 4.69) is 10.3 Å². The third-order valence-electron chi connectivity index (χ3n) is 3.11. The lowest BCUT2D eigenvalue weighted by Crippen LogP contribution is -2.28. The summed E-state index contributed by atoms with van der Waals surface area (Å²) in [6.45, 7) is 0.680. The number of aryl methyl sites for hydroxylation is 1. The standard InChI is InChI=1S/C14H19N3O3/c1-17-9-16-12-7-10(3-4-13(12)17)14(19)15-6-5-11(18)8-20-2/h3-4,7,9,11,18H,5-6,8H2,1-2H3,(H,15,19). The van der Waals surface area contributed by atoms with E-state index in [0.717, 1.165) is 11.0 Å². The third-order valence-corrected chi connectivity index (χ3v) is 3.11. The van der Waals surface area contributed by atoms with E-state index in [1.54, 1.807) is 18.5 Å². The Morgan fingerprint density at radius 3 is 3.10 bits per heavy atom. The van der Waals surface area contributed by atoms with Gasteiger partial charge in [-0.2, -0.15) is 0 Å². The highest BCUT2D eigenvalue weighted by molar-refractivity contribution is 5.97. The molecule has 0 saturated heterocycles. The first-order chi connectivity index (χ1) is 9.61. The highest BCUT2D eigenvalue weighted by Crippen LogP contribution is 2.13. The minimum atomic E-state index is -0.557. The van der Waals surface area contributed by atoms with Crippen molar-refractivity contribution in [3.05, 3.63) is 30.1 Å². The van der Waals surface area contributed by atoms with Crippen LogP contribution in [-0.4, -0.2) is 46.9 Å². The van der Waals surface area contributed by atoms with Gasteiger partial charge in [0.1, 0.15) is 0 Å². The van der Waals surface area contributed by atoms with Gasteiger partial charge in [0.2, 0.25) is 0 Å². The molecule has 0 fully saturated rings. The number of hydrogen-bond acceptors (Lipinski definition) is 4. The maximum Gasteiger partial charge on any atom is 0.251 e. The molecule has 0 aliphatic carbocycles. The number of nitrogens with zero attached hydrogens (tertiary/aromatic N) is 2. The Balaban J connectivity index is 1.94. The van der Waals surface area contributed by atoms with E-state index >= 15 is 0 Å². The van der Waals surface area contributed by atoms with E-state index in [9.17, 15) is 9.90 Å². The molecule has 0 radical (unpaired) electrons. The predicted octanol–water partition coefficient (Wildman–Crippen LogP) is 0.700. The second-order valence-corrected chi connectivity index (χ2v) is 4.71. The van der Waals surface area contributed by atoms with E-state index in [1.165, 1.54) is 7.11 Å². The summed E-state index contributed by atoms with van der Waals surface area (Å²) in [4.78, 5) is 16.2. The molecule has 1 aromatic carbocycles. The first kappa shape index (κ1) is 14.5. The number of fused-ring (bicyclic) bond motifs is 1. The van der Waals surface area contributed by atoms with Gasteiger partial charge in [-0.25, -0.2) is 4.98 Å². The number of benzene rings is 1. The number of carbonyl (C=O) groups excluding carboxylic acids is 1. The molecule has 2 N–H and O–H groups in total. The summed E-state index contributed by atoms with van der Waals surface area (Å²) in [5.41, 5.74) is 2.34. The van der Waals surface area contributed by atoms with Crippen LogP contribution < -0.4 is 5.32 Å². The zero-order chi connectivity index (χ0) is 14.5. The Morgan fingerprint density at radius 1 is 1.55 bits per heavy atom. The molecule has 1 heterocycles. The van der Waals surface area contributed by atoms with Crippen LogP contribution in [0.3, 0.4) is 0 Å². The lowest BCUT2D eigenvalue weighted by molar-refractivity contribution is 0.0587. The number of ether oxygens (including phenoxy) is 1. The molecule has 1 aromatic heterocycles. The van der Waals surface area contributed by atoms with E-state index < -0.39 is 6.10 Å². The van der Waals surface area contributed by atoms with Crippen LogP contribution in [-0.2, 0) is 11.8 Å². The zero-order valence-corrected chi connectivity index (χ0v) is 11.7. The van der Waals surface area contributed by atoms with Crippen molar-refractivity contribution in [3.63, 3.8) is 0 Å². The molecule has 0 spiro atoms. The van der Waals surface area contributed by atoms with Crippen molar-refractivity contribution in [1.29, 1.82) is 0 Å². The van der Waals surface area contributed by atoms with Crippen molar-refractivity contribution < 1.29 is 14.6 Å². The van der Waals surface area contributed by atoms with Gasteiger partial charge in [-0.1, -0.05) is 0 Å². The second kappa shape index (κ2) is 6.49. The Labute approximate surface area is 117 Å². The first-order valence-corrected chi connectivity index (χ1v) is 6.48. The minimum Gasteiger partial charge on any atom is -0.391 e. The molecule has 2 rings (SSSR count). The summed E-state index contributed by atoms with van der Waals surface area (Å²) >= 11 is 0. The molecule has 1 atom stereocenters. The van der Waals surface area contributed by atoms with Crippen molar-refractivity contribution in [2.24, 2.45) is 7.05 Å². The van der Waals surface area contributed by atoms with Crippen molar-refractivity contribution in [2.45, 2.75) is 12.5 Å². The van der Waals surface area contributed by atoms with Gasteiger partial charge < -0.3 is 19.7 Å². The molecule has 0 saturated carbocycles. The second-order valence-electron chi connectivity index (χ2n) is 4.71. The molecule has 0 bridgehead atoms. The van der Waals surface area contributed by atoms with Gasteiger partial charge in [0.05, 0.1) is 30.1 Å². The largest absolute Gasteiger partial charge is 0.391 e. The van der Waals surface area contributed by atoms with Crippen molar-refractivity contribution in [1.82, 2.24) is 14.9 Å². The van der Waals surface area contributed by atoms with Crippen LogP contribution in [0.2, 0.25) is 0 Å². The Hall–Kier alpha value is -1.92. The number of methoxy groups -OCH3 is 1. The highest BCUT2D eigenvalue weighted by Gasteiger charge is 2.09. The van der Waals surface area contributed by atoms with Gasteiger partial charge in [0.15, 0.2) is 0 Å². The summed E-state index contributed by atoms with van der Waals surface area (Å²) in [5, 5.41) is 12.3. The Morgan fingerprint density at radius 2 is 2.35 bits per heavy atom. The highest BCUT2D eigenvalue weighted by atomic mass is 16.5. The fourth-order valence-corrected chi connectivity index (χ4v) is 2.01. The molecule has 6 nitrogen and oxygen atoms in total. The van der Waals surface area contributed by atoms with Gasteiger partial charge in [0.25, 0.3) is 5.91 Å². The number of aliphatic hydroxyl groups excluding tert-OH is 1. The molecular formula is C14H19N3O3. The van der Waals surface area contributed by atoms with Gasteiger partial charge in [0, 0.05) is 26.3 Å². The predicted molar refractivity (Wildman–Crippen MR) is 75.5 cm³/mol. The van der Waals surface area contributed by atoms with E-state index in [1.807, 2.05) is 17.7 Å². The number of hydrogen-bond donors (Lipinski definition) is 2. The van der Waals surface area contributed by atoms with Crippen molar-refractivity contribution in [3.8, 4) is 0 Å². The topological polar surface area (TPSA) is 76.4 Å². The van der Waals surface area contributed by atoms with E-state index in [0.29, 0.717) is 18.5 Å². The van der Waals surface area contributed by atoms with Crippen LogP contribution in [0.1, 0.15) is 16.8 Å². The monoisotopic (exact) mass is 277 g/mol. The number of aliphatic hydroxyl groups is 1. The smallest absolute Gasteiger partial charge is 0.251 e. The van der Waals surface area contributed by atoms with Crippen LogP contribution >= 0.6 is 0 Å². The molecule has 6 heteroatoms. The van der Waals surface area contributed by atoms with Crippen molar-refractivity contribution >= 4 is 16.9 Å². The number of rotatable bonds is 6. The summed E-state index contributed by atoms with van der Waals surface area (Å²) < 4.78 is 6.72. The van der Waals surface area contributed by atoms with Crippen LogP contribution in [0.15, 0.2) is 24.5 Å². The Bertz CT molecular complexity index is 594. The lowest BCUT2D eigenvalue weighted by Gasteiger charge is -2.10. The van der Waals surface area contributed by atoms with Crippen LogP contribution in [0.5, 0.6) is 0 Å². The zero-order valence-electron chi connectivity index (χ0n) is 11.7. The number of amides is 1. The van der Waals surface area contributed by atoms with Crippen LogP contribution in [0.4, 0.5) is 0 Å². The molecule has 1 amide bonds. The molecule has 0 aliphatic heterocycles. The van der Waals surface area contributed by atoms with Gasteiger partial charge in [-0.3, -0.25) is 4.79 Å². The average molecular weight is 277 g/mol. The molecular weight excluding hydrogens is 258 g/mol. The van der Waals surface area contributed by atoms with E-state index in [-0.39, 0.29) is 12.5 Å². The summed E-state index contributed by atoms with van der Waals surface area (Å²) in [6.07, 6.45) is 1.62. The fourth-order valence-electron chi connectivity index (χ4n) is 2.01. The van der Waals surface area contributed by atoms with Crippen LogP contribution in [0, 0.1) is 0 Å². The van der Waals surface area contributed by atoms with Gasteiger partial charge in [-0.05, 0) is 24.6 Å². The van der Waals surface area contributed by atoms with Crippen LogP contribution in [0.25, 0.3) is 11.0 Å². The molecule has 1 unspecified atom stereocenters. The molecule has 2 aromatic rings. The maximum atomic E-state index is 12.0. The van der Waals surface area contributed by atoms with E-state index in [4.69, 9.17) is 4.74 Å². The molecule has 20 heavy (non-hydrogen) atoms. The normalized spacial score (nSPS) is 12.6. The number of aromatic nitrogens is 2. The quantitative estimate of drug-likeness (QED) is 0.815. The Kier molecular flexibility index (Phi) is 4.70. The summed E-state index contributed by atoms with van der Waals surface area (Å²) in [6, 6.07) is 5.40. The molecule has 0 aliphatic rings. The lowest BCUT2D eigenvalue weighted by atomic mass is 10.2. The van der Waals surface area contributed by atoms with Crippen molar-refractivity contribution in [2.75, 3.05) is 20.3 Å². The third kappa shape index (κ3) is 3.34. The number of nitrogens with one attached hydrogen (secondary N) is 1. The minimum absolute atomic E-state index is 0.165. The average Bonchev–Trinajstić information content (AvgIpc) is 2.80. The SMILES string of the molecule is COCC(O)CCNC(=O)c1ccc2c(c1)ncn2C.